The molecule has 0 radical (unpaired) electrons. The summed E-state index contributed by atoms with van der Waals surface area (Å²) in [6.07, 6.45) is 4.61. The summed E-state index contributed by atoms with van der Waals surface area (Å²) in [5.41, 5.74) is 4.68. The number of aryl methyl sites for hydroxylation is 2. The average molecular weight is 377 g/mol. The highest BCUT2D eigenvalue weighted by molar-refractivity contribution is 5.94. The lowest BCUT2D eigenvalue weighted by molar-refractivity contribution is 0.00709. The topological polar surface area (TPSA) is 66.2 Å². The van der Waals surface area contributed by atoms with Gasteiger partial charge in [0.1, 0.15) is 6.07 Å². The van der Waals surface area contributed by atoms with Crippen molar-refractivity contribution in [3.63, 3.8) is 0 Å². The number of pyridine rings is 1. The molecular weight excluding hydrogens is 350 g/mol. The Hall–Kier alpha value is -2.71. The molecule has 1 aliphatic heterocycles. The van der Waals surface area contributed by atoms with E-state index in [4.69, 9.17) is 4.74 Å². The van der Waals surface area contributed by atoms with Crippen molar-refractivity contribution in [2.45, 2.75) is 45.6 Å². The maximum Gasteiger partial charge on any atom is 0.253 e. The second-order valence-electron chi connectivity index (χ2n) is 7.48. The number of hydrogen-bond donors (Lipinski definition) is 0. The quantitative estimate of drug-likeness (QED) is 0.780. The fraction of sp³-hybridized carbons (Fsp3) is 0.435. The number of aromatic nitrogens is 1. The molecule has 1 fully saturated rings. The molecule has 0 unspecified atom stereocenters. The van der Waals surface area contributed by atoms with Crippen molar-refractivity contribution in [1.82, 2.24) is 9.88 Å². The van der Waals surface area contributed by atoms with E-state index in [2.05, 4.69) is 11.1 Å². The van der Waals surface area contributed by atoms with Crippen LogP contribution in [0.2, 0.25) is 0 Å². The second kappa shape index (κ2) is 8.99. The largest absolute Gasteiger partial charge is 0.378 e. The van der Waals surface area contributed by atoms with Crippen molar-refractivity contribution >= 4 is 5.91 Å². The number of nitriles is 1. The third-order valence-corrected chi connectivity index (χ3v) is 5.34. The fourth-order valence-corrected chi connectivity index (χ4v) is 3.63. The Kier molecular flexibility index (Phi) is 6.43. The van der Waals surface area contributed by atoms with Crippen LogP contribution in [0.3, 0.4) is 0 Å². The van der Waals surface area contributed by atoms with Crippen LogP contribution in [0.15, 0.2) is 30.3 Å². The van der Waals surface area contributed by atoms with Gasteiger partial charge in [-0.05, 0) is 63.3 Å². The Morgan fingerprint density at radius 2 is 2.04 bits per heavy atom. The Bertz CT molecular complexity index is 855. The minimum atomic E-state index is 0.0162. The van der Waals surface area contributed by atoms with Gasteiger partial charge >= 0.3 is 0 Å². The average Bonchev–Trinajstić information content (AvgIpc) is 2.72. The Labute approximate surface area is 167 Å². The van der Waals surface area contributed by atoms with E-state index in [-0.39, 0.29) is 12.0 Å². The molecule has 0 saturated carbocycles. The normalized spacial score (nSPS) is 16.4. The maximum atomic E-state index is 12.7. The van der Waals surface area contributed by atoms with E-state index in [1.165, 1.54) is 6.42 Å². The molecular formula is C23H27N3O2. The lowest BCUT2D eigenvalue weighted by Gasteiger charge is -2.25. The van der Waals surface area contributed by atoms with Crippen molar-refractivity contribution < 1.29 is 9.53 Å². The number of benzene rings is 1. The Morgan fingerprint density at radius 1 is 1.29 bits per heavy atom. The predicted molar refractivity (Wildman–Crippen MR) is 109 cm³/mol. The molecule has 1 aliphatic rings. The number of rotatable bonds is 5. The molecule has 5 nitrogen and oxygen atoms in total. The van der Waals surface area contributed by atoms with Gasteiger partial charge in [0.15, 0.2) is 0 Å². The van der Waals surface area contributed by atoms with Crippen LogP contribution in [0.5, 0.6) is 0 Å². The van der Waals surface area contributed by atoms with Crippen LogP contribution in [-0.2, 0) is 4.74 Å². The summed E-state index contributed by atoms with van der Waals surface area (Å²) < 4.78 is 5.75. The lowest BCUT2D eigenvalue weighted by atomic mass is 10.0. The Balaban J connectivity index is 1.66. The fourth-order valence-electron chi connectivity index (χ4n) is 3.63. The van der Waals surface area contributed by atoms with E-state index >= 15 is 0 Å². The smallest absolute Gasteiger partial charge is 0.253 e. The molecule has 2 aromatic rings. The van der Waals surface area contributed by atoms with E-state index in [0.717, 1.165) is 48.4 Å². The molecule has 1 aromatic carbocycles. The molecule has 1 amide bonds. The highest BCUT2D eigenvalue weighted by Crippen LogP contribution is 2.23. The summed E-state index contributed by atoms with van der Waals surface area (Å²) in [4.78, 5) is 19.0. The van der Waals surface area contributed by atoms with Crippen molar-refractivity contribution in [1.29, 1.82) is 5.26 Å². The molecule has 0 N–H and O–H groups in total. The van der Waals surface area contributed by atoms with E-state index in [9.17, 15) is 10.1 Å². The zero-order valence-corrected chi connectivity index (χ0v) is 16.9. The van der Waals surface area contributed by atoms with Gasteiger partial charge in [-0.3, -0.25) is 9.78 Å². The first-order valence-electron chi connectivity index (χ1n) is 9.85. The van der Waals surface area contributed by atoms with Gasteiger partial charge in [-0.1, -0.05) is 12.1 Å². The van der Waals surface area contributed by atoms with Crippen molar-refractivity contribution in [2.24, 2.45) is 0 Å². The summed E-state index contributed by atoms with van der Waals surface area (Å²) in [5.74, 6) is 0.0162. The van der Waals surface area contributed by atoms with Crippen LogP contribution in [0, 0.1) is 25.2 Å². The summed E-state index contributed by atoms with van der Waals surface area (Å²) in [6.45, 7) is 5.30. The molecule has 28 heavy (non-hydrogen) atoms. The minimum absolute atomic E-state index is 0.0162. The van der Waals surface area contributed by atoms with Crippen LogP contribution < -0.4 is 0 Å². The third-order valence-electron chi connectivity index (χ3n) is 5.34. The molecule has 1 saturated heterocycles. The van der Waals surface area contributed by atoms with E-state index in [1.54, 1.807) is 4.90 Å². The number of ether oxygens (including phenoxy) is 1. The zero-order valence-electron chi connectivity index (χ0n) is 16.9. The summed E-state index contributed by atoms with van der Waals surface area (Å²) in [6, 6.07) is 11.6. The van der Waals surface area contributed by atoms with Gasteiger partial charge in [0.25, 0.3) is 5.91 Å². The van der Waals surface area contributed by atoms with Crippen LogP contribution in [0.4, 0.5) is 0 Å². The van der Waals surface area contributed by atoms with Crippen LogP contribution in [-0.4, -0.2) is 42.1 Å². The van der Waals surface area contributed by atoms with E-state index < -0.39 is 0 Å². The third kappa shape index (κ3) is 4.58. The standard InChI is InChI=1S/C23H27N3O2/c1-16-14-22(25-17(2)21(16)15-24)18-7-9-19(10-8-18)23(27)26(3)12-11-20-6-4-5-13-28-20/h7-10,14,20H,4-6,11-13H2,1-3H3/t20-/m1/s1. The minimum Gasteiger partial charge on any atom is -0.378 e. The first-order chi connectivity index (χ1) is 13.5. The number of amides is 1. The molecule has 1 atom stereocenters. The first-order valence-corrected chi connectivity index (χ1v) is 9.85. The van der Waals surface area contributed by atoms with Crippen molar-refractivity contribution in [3.8, 4) is 17.3 Å². The van der Waals surface area contributed by atoms with Crippen molar-refractivity contribution in [2.75, 3.05) is 20.2 Å². The molecule has 146 valence electrons. The molecule has 3 rings (SSSR count). The van der Waals surface area contributed by atoms with E-state index in [1.807, 2.05) is 51.2 Å². The predicted octanol–water partition coefficient (Wildman–Crippen LogP) is 4.27. The molecule has 0 bridgehead atoms. The lowest BCUT2D eigenvalue weighted by Crippen LogP contribution is -2.31. The van der Waals surface area contributed by atoms with Gasteiger partial charge in [-0.2, -0.15) is 5.26 Å². The zero-order chi connectivity index (χ0) is 20.1. The Morgan fingerprint density at radius 3 is 2.64 bits per heavy atom. The maximum absolute atomic E-state index is 12.7. The van der Waals surface area contributed by atoms with Crippen LogP contribution >= 0.6 is 0 Å². The van der Waals surface area contributed by atoms with Gasteiger partial charge < -0.3 is 9.64 Å². The van der Waals surface area contributed by atoms with Gasteiger partial charge in [-0.25, -0.2) is 0 Å². The van der Waals surface area contributed by atoms with Gasteiger partial charge in [-0.15, -0.1) is 0 Å². The van der Waals surface area contributed by atoms with E-state index in [0.29, 0.717) is 17.7 Å². The molecule has 0 spiro atoms. The second-order valence-corrected chi connectivity index (χ2v) is 7.48. The van der Waals surface area contributed by atoms with Gasteiger partial charge in [0.2, 0.25) is 0 Å². The number of carbonyl (C=O) groups is 1. The summed E-state index contributed by atoms with van der Waals surface area (Å²) in [5, 5.41) is 9.20. The van der Waals surface area contributed by atoms with Gasteiger partial charge in [0, 0.05) is 31.3 Å². The first kappa shape index (κ1) is 20.0. The van der Waals surface area contributed by atoms with Crippen LogP contribution in [0.1, 0.15) is 52.9 Å². The highest BCUT2D eigenvalue weighted by atomic mass is 16.5. The highest BCUT2D eigenvalue weighted by Gasteiger charge is 2.17. The number of hydrogen-bond acceptors (Lipinski definition) is 4. The van der Waals surface area contributed by atoms with Crippen molar-refractivity contribution in [3.05, 3.63) is 52.7 Å². The molecule has 5 heteroatoms. The molecule has 2 heterocycles. The van der Waals surface area contributed by atoms with Gasteiger partial charge in [0.05, 0.1) is 23.1 Å². The van der Waals surface area contributed by atoms with Crippen LogP contribution in [0.25, 0.3) is 11.3 Å². The SMILES string of the molecule is Cc1cc(-c2ccc(C(=O)N(C)CC[C@H]3CCCCO3)cc2)nc(C)c1C#N. The molecule has 0 aliphatic carbocycles. The summed E-state index contributed by atoms with van der Waals surface area (Å²) >= 11 is 0. The number of carbonyl (C=O) groups excluding carboxylic acids is 1. The monoisotopic (exact) mass is 377 g/mol. The molecule has 1 aromatic heterocycles. The number of nitrogens with zero attached hydrogens (tertiary/aromatic N) is 3. The summed E-state index contributed by atoms with van der Waals surface area (Å²) in [7, 11) is 1.84.